The topological polar surface area (TPSA) is 38.5 Å². The van der Waals surface area contributed by atoms with Crippen molar-refractivity contribution in [3.8, 4) is 0 Å². The third-order valence-electron chi connectivity index (χ3n) is 5.76. The Labute approximate surface area is 144 Å². The highest BCUT2D eigenvalue weighted by Gasteiger charge is 2.39. The van der Waals surface area contributed by atoms with Crippen LogP contribution in [0.15, 0.2) is 54.6 Å². The highest BCUT2D eigenvalue weighted by Crippen LogP contribution is 2.39. The van der Waals surface area contributed by atoms with Crippen LogP contribution in [0.5, 0.6) is 0 Å². The molecule has 3 heteroatoms. The summed E-state index contributed by atoms with van der Waals surface area (Å²) in [5, 5.41) is 0. The van der Waals surface area contributed by atoms with E-state index in [1.807, 2.05) is 24.3 Å². The first-order chi connectivity index (χ1) is 11.7. The van der Waals surface area contributed by atoms with Gasteiger partial charge in [-0.15, -0.1) is 0 Å². The van der Waals surface area contributed by atoms with Crippen molar-refractivity contribution in [1.82, 2.24) is 4.90 Å². The first-order valence-corrected chi connectivity index (χ1v) is 8.99. The number of para-hydroxylation sites is 1. The molecule has 0 saturated carbocycles. The highest BCUT2D eigenvalue weighted by molar-refractivity contribution is 5.50. The Morgan fingerprint density at radius 1 is 0.958 bits per heavy atom. The van der Waals surface area contributed by atoms with Gasteiger partial charge in [0.05, 0.1) is 6.10 Å². The lowest BCUT2D eigenvalue weighted by Crippen LogP contribution is -2.43. The minimum atomic E-state index is -0.0831. The van der Waals surface area contributed by atoms with E-state index in [0.717, 1.165) is 24.1 Å². The molecule has 4 atom stereocenters. The fourth-order valence-electron chi connectivity index (χ4n) is 4.37. The molecular formula is C21H26N2O. The van der Waals surface area contributed by atoms with Crippen molar-refractivity contribution >= 4 is 5.69 Å². The number of ether oxygens (including phenoxy) is 1. The Balaban J connectivity index is 1.61. The van der Waals surface area contributed by atoms with Gasteiger partial charge in [-0.3, -0.25) is 0 Å². The highest BCUT2D eigenvalue weighted by atomic mass is 16.5. The molecule has 3 nitrogen and oxygen atoms in total. The smallest absolute Gasteiger partial charge is 0.110 e. The van der Waals surface area contributed by atoms with Crippen molar-refractivity contribution in [3.63, 3.8) is 0 Å². The summed E-state index contributed by atoms with van der Waals surface area (Å²) in [7, 11) is 2.27. The molecule has 0 radical (unpaired) electrons. The first-order valence-electron chi connectivity index (χ1n) is 8.99. The van der Waals surface area contributed by atoms with Crippen molar-refractivity contribution in [2.75, 3.05) is 12.8 Å². The Bertz CT molecular complexity index is 673. The number of nitrogens with two attached hydrogens (primary N) is 1. The van der Waals surface area contributed by atoms with Crippen LogP contribution < -0.4 is 5.73 Å². The molecule has 2 bridgehead atoms. The second kappa shape index (κ2) is 6.58. The Kier molecular flexibility index (Phi) is 4.30. The quantitative estimate of drug-likeness (QED) is 0.865. The molecule has 2 saturated heterocycles. The number of rotatable bonds is 4. The maximum atomic E-state index is 6.67. The molecule has 0 spiro atoms. The number of nitrogens with zero attached hydrogens (tertiary/aromatic N) is 1. The summed E-state index contributed by atoms with van der Waals surface area (Å²) in [6.07, 6.45) is 5.10. The molecular weight excluding hydrogens is 296 g/mol. The maximum absolute atomic E-state index is 6.67. The lowest BCUT2D eigenvalue weighted by Gasteiger charge is -2.38. The third-order valence-corrected chi connectivity index (χ3v) is 5.76. The number of anilines is 1. The molecule has 0 aliphatic carbocycles. The molecule has 126 valence electrons. The molecule has 4 rings (SSSR count). The lowest BCUT2D eigenvalue weighted by molar-refractivity contribution is -0.0424. The van der Waals surface area contributed by atoms with E-state index < -0.39 is 0 Å². The predicted molar refractivity (Wildman–Crippen MR) is 97.8 cm³/mol. The van der Waals surface area contributed by atoms with Gasteiger partial charge in [-0.25, -0.2) is 0 Å². The van der Waals surface area contributed by atoms with Gasteiger partial charge in [0.1, 0.15) is 6.10 Å². The summed E-state index contributed by atoms with van der Waals surface area (Å²) in [6, 6.07) is 19.9. The van der Waals surface area contributed by atoms with Crippen LogP contribution in [0.2, 0.25) is 0 Å². The van der Waals surface area contributed by atoms with E-state index in [1.54, 1.807) is 0 Å². The fraction of sp³-hybridized carbons (Fsp3) is 0.429. The molecule has 24 heavy (non-hydrogen) atoms. The Morgan fingerprint density at radius 2 is 1.58 bits per heavy atom. The summed E-state index contributed by atoms with van der Waals surface area (Å²) in [5.41, 5.74) is 9.33. The molecule has 2 aliphatic heterocycles. The molecule has 2 aliphatic rings. The van der Waals surface area contributed by atoms with Gasteiger partial charge < -0.3 is 15.4 Å². The summed E-state index contributed by atoms with van der Waals surface area (Å²) in [4.78, 5) is 2.55. The van der Waals surface area contributed by atoms with Crippen LogP contribution in [0.4, 0.5) is 5.69 Å². The Morgan fingerprint density at radius 3 is 2.25 bits per heavy atom. The zero-order valence-corrected chi connectivity index (χ0v) is 14.3. The van der Waals surface area contributed by atoms with E-state index in [0.29, 0.717) is 18.2 Å². The first kappa shape index (κ1) is 15.7. The van der Waals surface area contributed by atoms with Crippen molar-refractivity contribution in [2.45, 2.75) is 50.0 Å². The van der Waals surface area contributed by atoms with Crippen LogP contribution >= 0.6 is 0 Å². The number of nitrogen functional groups attached to an aromatic ring is 1. The average Bonchev–Trinajstić information content (AvgIpc) is 2.83. The van der Waals surface area contributed by atoms with Gasteiger partial charge in [-0.1, -0.05) is 48.5 Å². The number of benzene rings is 2. The van der Waals surface area contributed by atoms with Crippen molar-refractivity contribution in [1.29, 1.82) is 0 Å². The lowest BCUT2D eigenvalue weighted by atomic mass is 9.97. The van der Waals surface area contributed by atoms with Gasteiger partial charge >= 0.3 is 0 Å². The van der Waals surface area contributed by atoms with Gasteiger partial charge in [0, 0.05) is 23.3 Å². The van der Waals surface area contributed by atoms with Crippen molar-refractivity contribution < 1.29 is 4.74 Å². The van der Waals surface area contributed by atoms with Crippen molar-refractivity contribution in [2.24, 2.45) is 0 Å². The molecule has 1 unspecified atom stereocenters. The second-order valence-corrected chi connectivity index (χ2v) is 7.20. The normalized spacial score (nSPS) is 28.0. The van der Waals surface area contributed by atoms with E-state index in [2.05, 4.69) is 42.3 Å². The van der Waals surface area contributed by atoms with Crippen LogP contribution in [0.25, 0.3) is 0 Å². The number of hydrogen-bond acceptors (Lipinski definition) is 3. The van der Waals surface area contributed by atoms with Crippen molar-refractivity contribution in [3.05, 3.63) is 65.7 Å². The van der Waals surface area contributed by atoms with E-state index in [4.69, 9.17) is 10.5 Å². The minimum absolute atomic E-state index is 0.0831. The second-order valence-electron chi connectivity index (χ2n) is 7.20. The minimum Gasteiger partial charge on any atom is -0.398 e. The summed E-state index contributed by atoms with van der Waals surface area (Å²) in [5.74, 6) is 0. The molecule has 2 heterocycles. The standard InChI is InChI=1S/C21H26N2O/c1-23-16-11-12-17(23)14-18(13-16)24-21(15-7-3-2-4-8-15)19-9-5-6-10-20(19)22/h2-10,16-18,21H,11-14,22H2,1H3/t16-,17+,18?,21-/m0/s1. The SMILES string of the molecule is CN1[C@@H]2CC[C@H]1CC(O[C@@H](c1ccccc1)c1ccccc1N)C2. The molecule has 0 amide bonds. The third kappa shape index (κ3) is 2.94. The molecule has 0 aromatic heterocycles. The summed E-state index contributed by atoms with van der Waals surface area (Å²) >= 11 is 0. The van der Waals surface area contributed by atoms with Gasteiger partial charge in [0.15, 0.2) is 0 Å². The number of hydrogen-bond donors (Lipinski definition) is 1. The zero-order valence-electron chi connectivity index (χ0n) is 14.3. The van der Waals surface area contributed by atoms with E-state index >= 15 is 0 Å². The van der Waals surface area contributed by atoms with Crippen LogP contribution in [0.3, 0.4) is 0 Å². The zero-order chi connectivity index (χ0) is 16.5. The van der Waals surface area contributed by atoms with Crippen LogP contribution in [0.1, 0.15) is 42.9 Å². The summed E-state index contributed by atoms with van der Waals surface area (Å²) in [6.45, 7) is 0. The average molecular weight is 322 g/mol. The van der Waals surface area contributed by atoms with Gasteiger partial charge in [0.25, 0.3) is 0 Å². The van der Waals surface area contributed by atoms with Crippen LogP contribution in [-0.4, -0.2) is 30.1 Å². The van der Waals surface area contributed by atoms with Crippen LogP contribution in [0, 0.1) is 0 Å². The maximum Gasteiger partial charge on any atom is 0.110 e. The molecule has 2 fully saturated rings. The largest absolute Gasteiger partial charge is 0.398 e. The molecule has 2 aromatic carbocycles. The van der Waals surface area contributed by atoms with Gasteiger partial charge in [-0.05, 0) is 44.4 Å². The summed E-state index contributed by atoms with van der Waals surface area (Å²) < 4.78 is 6.67. The Hall–Kier alpha value is -1.84. The monoisotopic (exact) mass is 322 g/mol. The van der Waals surface area contributed by atoms with E-state index in [9.17, 15) is 0 Å². The van der Waals surface area contributed by atoms with E-state index in [1.165, 1.54) is 18.4 Å². The van der Waals surface area contributed by atoms with Gasteiger partial charge in [-0.2, -0.15) is 0 Å². The fourth-order valence-corrected chi connectivity index (χ4v) is 4.37. The van der Waals surface area contributed by atoms with E-state index in [-0.39, 0.29) is 6.10 Å². The number of fused-ring (bicyclic) bond motifs is 2. The number of piperidine rings is 1. The van der Waals surface area contributed by atoms with Crippen LogP contribution in [-0.2, 0) is 4.74 Å². The molecule has 2 aromatic rings. The predicted octanol–water partition coefficient (Wildman–Crippen LogP) is 4.00. The van der Waals surface area contributed by atoms with Gasteiger partial charge in [0.2, 0.25) is 0 Å². The molecule has 2 N–H and O–H groups in total.